The molecule has 1 N–H and O–H groups in total. The van der Waals surface area contributed by atoms with E-state index >= 15 is 0 Å². The largest absolute Gasteiger partial charge is 0.367 e. The Bertz CT molecular complexity index is 1020. The lowest BCUT2D eigenvalue weighted by atomic mass is 10.2. The van der Waals surface area contributed by atoms with Gasteiger partial charge in [0.1, 0.15) is 11.5 Å². The summed E-state index contributed by atoms with van der Waals surface area (Å²) in [5, 5.41) is 8.90. The average molecular weight is 348 g/mol. The van der Waals surface area contributed by atoms with Gasteiger partial charge >= 0.3 is 0 Å². The molecule has 0 aliphatic carbocycles. The van der Waals surface area contributed by atoms with Gasteiger partial charge in [0, 0.05) is 38.2 Å². The predicted molar refractivity (Wildman–Crippen MR) is 99.7 cm³/mol. The monoisotopic (exact) mass is 348 g/mol. The van der Waals surface area contributed by atoms with Gasteiger partial charge in [-0.15, -0.1) is 0 Å². The minimum Gasteiger partial charge on any atom is -0.367 e. The summed E-state index contributed by atoms with van der Waals surface area (Å²) in [6.45, 7) is 4.80. The number of nitrogens with zero attached hydrogens (tertiary/aromatic N) is 7. The first-order valence-electron chi connectivity index (χ1n) is 8.47. The van der Waals surface area contributed by atoms with E-state index in [4.69, 9.17) is 4.98 Å². The Kier molecular flexibility index (Phi) is 4.08. The van der Waals surface area contributed by atoms with E-state index in [0.29, 0.717) is 12.4 Å². The number of anilines is 1. The van der Waals surface area contributed by atoms with Crippen LogP contribution in [0.3, 0.4) is 0 Å². The lowest BCUT2D eigenvalue weighted by Crippen LogP contribution is -2.16. The molecular formula is C18H20N8. The number of hydrogen-bond donors (Lipinski definition) is 1. The van der Waals surface area contributed by atoms with E-state index < -0.39 is 0 Å². The van der Waals surface area contributed by atoms with Crippen molar-refractivity contribution in [2.75, 3.05) is 11.9 Å². The van der Waals surface area contributed by atoms with Crippen molar-refractivity contribution in [3.63, 3.8) is 0 Å². The van der Waals surface area contributed by atoms with Gasteiger partial charge in [-0.05, 0) is 26.0 Å². The van der Waals surface area contributed by atoms with E-state index in [2.05, 4.69) is 36.9 Å². The molecule has 0 bridgehead atoms. The van der Waals surface area contributed by atoms with Crippen LogP contribution in [0.1, 0.15) is 18.7 Å². The second-order valence-electron chi connectivity index (χ2n) is 6.26. The SMILES string of the molecule is Cc1nn(C)c2nc(-c3ccccn3)nc(NC[C@H](C)n3ccnc3)c12. The highest BCUT2D eigenvalue weighted by molar-refractivity contribution is 5.90. The van der Waals surface area contributed by atoms with Crippen LogP contribution < -0.4 is 5.32 Å². The molecule has 132 valence electrons. The predicted octanol–water partition coefficient (Wildman–Crippen LogP) is 2.60. The molecule has 8 heteroatoms. The third kappa shape index (κ3) is 2.90. The topological polar surface area (TPSA) is 86.3 Å². The Morgan fingerprint density at radius 2 is 2.08 bits per heavy atom. The Labute approximate surface area is 151 Å². The molecule has 0 unspecified atom stereocenters. The molecule has 4 rings (SSSR count). The van der Waals surface area contributed by atoms with Crippen molar-refractivity contribution < 1.29 is 0 Å². The van der Waals surface area contributed by atoms with Crippen LogP contribution in [0.25, 0.3) is 22.6 Å². The van der Waals surface area contributed by atoms with Crippen molar-refractivity contribution in [2.24, 2.45) is 7.05 Å². The van der Waals surface area contributed by atoms with Crippen LogP contribution >= 0.6 is 0 Å². The van der Waals surface area contributed by atoms with Crippen LogP contribution in [0, 0.1) is 6.92 Å². The number of hydrogen-bond acceptors (Lipinski definition) is 6. The summed E-state index contributed by atoms with van der Waals surface area (Å²) >= 11 is 0. The Morgan fingerprint density at radius 3 is 2.81 bits per heavy atom. The van der Waals surface area contributed by atoms with Crippen LogP contribution in [-0.4, -0.2) is 40.8 Å². The van der Waals surface area contributed by atoms with E-state index in [9.17, 15) is 0 Å². The van der Waals surface area contributed by atoms with Crippen molar-refractivity contribution >= 4 is 16.9 Å². The van der Waals surface area contributed by atoms with Gasteiger partial charge in [-0.3, -0.25) is 9.67 Å². The first-order valence-corrected chi connectivity index (χ1v) is 8.47. The number of aryl methyl sites for hydroxylation is 2. The van der Waals surface area contributed by atoms with Crippen molar-refractivity contribution in [1.29, 1.82) is 0 Å². The number of nitrogens with one attached hydrogen (secondary N) is 1. The fourth-order valence-electron chi connectivity index (χ4n) is 2.96. The fourth-order valence-corrected chi connectivity index (χ4v) is 2.96. The number of rotatable bonds is 5. The lowest BCUT2D eigenvalue weighted by molar-refractivity contribution is 0.572. The zero-order valence-electron chi connectivity index (χ0n) is 15.0. The molecular weight excluding hydrogens is 328 g/mol. The van der Waals surface area contributed by atoms with Gasteiger partial charge in [0.05, 0.1) is 17.4 Å². The first-order chi connectivity index (χ1) is 12.6. The van der Waals surface area contributed by atoms with Crippen molar-refractivity contribution in [1.82, 2.24) is 34.3 Å². The number of fused-ring (bicyclic) bond motifs is 1. The summed E-state index contributed by atoms with van der Waals surface area (Å²) in [4.78, 5) is 17.9. The van der Waals surface area contributed by atoms with Crippen molar-refractivity contribution in [3.05, 3.63) is 48.8 Å². The summed E-state index contributed by atoms with van der Waals surface area (Å²) in [7, 11) is 1.89. The first kappa shape index (κ1) is 16.2. The quantitative estimate of drug-likeness (QED) is 0.597. The van der Waals surface area contributed by atoms with Gasteiger partial charge in [-0.2, -0.15) is 5.10 Å². The summed E-state index contributed by atoms with van der Waals surface area (Å²) < 4.78 is 3.84. The summed E-state index contributed by atoms with van der Waals surface area (Å²) in [5.41, 5.74) is 2.42. The summed E-state index contributed by atoms with van der Waals surface area (Å²) in [5.74, 6) is 1.35. The Hall–Kier alpha value is -3.29. The molecule has 26 heavy (non-hydrogen) atoms. The summed E-state index contributed by atoms with van der Waals surface area (Å²) in [6, 6.07) is 5.95. The third-order valence-electron chi connectivity index (χ3n) is 4.35. The highest BCUT2D eigenvalue weighted by atomic mass is 15.3. The van der Waals surface area contributed by atoms with E-state index in [1.54, 1.807) is 17.1 Å². The number of aromatic nitrogens is 7. The second-order valence-corrected chi connectivity index (χ2v) is 6.26. The molecule has 4 heterocycles. The van der Waals surface area contributed by atoms with Crippen LogP contribution in [0.15, 0.2) is 43.1 Å². The van der Waals surface area contributed by atoms with Gasteiger partial charge in [0.25, 0.3) is 0 Å². The van der Waals surface area contributed by atoms with Gasteiger partial charge in [0.15, 0.2) is 11.5 Å². The minimum atomic E-state index is 0.234. The zero-order valence-corrected chi connectivity index (χ0v) is 15.0. The van der Waals surface area contributed by atoms with Crippen molar-refractivity contribution in [2.45, 2.75) is 19.9 Å². The van der Waals surface area contributed by atoms with Gasteiger partial charge in [0.2, 0.25) is 0 Å². The molecule has 4 aromatic heterocycles. The molecule has 1 atom stereocenters. The summed E-state index contributed by atoms with van der Waals surface area (Å²) in [6.07, 6.45) is 7.29. The maximum absolute atomic E-state index is 4.74. The molecule has 0 fully saturated rings. The van der Waals surface area contributed by atoms with Crippen LogP contribution in [0.5, 0.6) is 0 Å². The highest BCUT2D eigenvalue weighted by Gasteiger charge is 2.17. The minimum absolute atomic E-state index is 0.234. The van der Waals surface area contributed by atoms with Gasteiger partial charge in [-0.25, -0.2) is 15.0 Å². The average Bonchev–Trinajstić information content (AvgIpc) is 3.29. The van der Waals surface area contributed by atoms with Crippen LogP contribution in [0.4, 0.5) is 5.82 Å². The normalized spacial score (nSPS) is 12.4. The van der Waals surface area contributed by atoms with Crippen LogP contribution in [0.2, 0.25) is 0 Å². The molecule has 0 saturated heterocycles. The Morgan fingerprint density at radius 1 is 1.19 bits per heavy atom. The maximum atomic E-state index is 4.74. The van der Waals surface area contributed by atoms with Gasteiger partial charge in [-0.1, -0.05) is 6.07 Å². The molecule has 0 aromatic carbocycles. The smallest absolute Gasteiger partial charge is 0.182 e. The molecule has 0 aliphatic rings. The van der Waals surface area contributed by atoms with Crippen molar-refractivity contribution in [3.8, 4) is 11.5 Å². The van der Waals surface area contributed by atoms with Crippen LogP contribution in [-0.2, 0) is 7.05 Å². The third-order valence-corrected chi connectivity index (χ3v) is 4.35. The van der Waals surface area contributed by atoms with Gasteiger partial charge < -0.3 is 9.88 Å². The molecule has 4 aromatic rings. The fraction of sp³-hybridized carbons (Fsp3) is 0.278. The maximum Gasteiger partial charge on any atom is 0.182 e. The van der Waals surface area contributed by atoms with E-state index in [1.165, 1.54) is 0 Å². The zero-order chi connectivity index (χ0) is 18.1. The van der Waals surface area contributed by atoms with E-state index in [1.807, 2.05) is 44.7 Å². The second kappa shape index (κ2) is 6.55. The van der Waals surface area contributed by atoms with E-state index in [-0.39, 0.29) is 6.04 Å². The molecule has 0 amide bonds. The molecule has 0 aliphatic heterocycles. The van der Waals surface area contributed by atoms with E-state index in [0.717, 1.165) is 28.2 Å². The molecule has 0 spiro atoms. The molecule has 0 saturated carbocycles. The molecule has 0 radical (unpaired) electrons. The number of pyridine rings is 1. The standard InChI is InChI=1S/C18H20N8/c1-12(26-9-8-19-11-26)10-21-17-15-13(2)24-25(3)18(15)23-16(22-17)14-6-4-5-7-20-14/h4-9,11-12H,10H2,1-3H3,(H,21,22,23)/t12-/m0/s1. The molecule has 8 nitrogen and oxygen atoms in total. The highest BCUT2D eigenvalue weighted by Crippen LogP contribution is 2.26. The number of imidazole rings is 1. The Balaban J connectivity index is 1.74. The lowest BCUT2D eigenvalue weighted by Gasteiger charge is -2.15.